The summed E-state index contributed by atoms with van der Waals surface area (Å²) in [6.07, 6.45) is 0. The second kappa shape index (κ2) is 7.49. The van der Waals surface area contributed by atoms with Crippen LogP contribution in [-0.4, -0.2) is 39.9 Å². The van der Waals surface area contributed by atoms with Crippen LogP contribution in [0.5, 0.6) is 11.5 Å². The molecule has 0 atom stereocenters. The van der Waals surface area contributed by atoms with E-state index in [0.717, 1.165) is 0 Å². The number of ether oxygens (including phenoxy) is 4. The number of hydrogen-bond donors (Lipinski definition) is 0. The summed E-state index contributed by atoms with van der Waals surface area (Å²) < 4.78 is 19.9. The Morgan fingerprint density at radius 3 is 1.86 bits per heavy atom. The molecule has 0 fully saturated rings. The van der Waals surface area contributed by atoms with Crippen LogP contribution in [-0.2, 0) is 19.1 Å². The summed E-state index contributed by atoms with van der Waals surface area (Å²) in [7, 11) is 3.96. The predicted molar refractivity (Wildman–Crippen MR) is 79.8 cm³/mol. The third kappa shape index (κ3) is 3.58. The zero-order valence-corrected chi connectivity index (χ0v) is 13.2. The van der Waals surface area contributed by atoms with Crippen LogP contribution in [0.2, 0.25) is 0 Å². The number of esters is 2. The second-order valence-electron chi connectivity index (χ2n) is 4.68. The van der Waals surface area contributed by atoms with Crippen LogP contribution in [0, 0.1) is 5.41 Å². The van der Waals surface area contributed by atoms with Gasteiger partial charge in [0.15, 0.2) is 5.41 Å². The Bertz CT molecular complexity index is 530. The number of rotatable bonds is 7. The van der Waals surface area contributed by atoms with Crippen LogP contribution in [0.25, 0.3) is 0 Å². The quantitative estimate of drug-likeness (QED) is 0.436. The van der Waals surface area contributed by atoms with E-state index in [1.54, 1.807) is 31.4 Å². The van der Waals surface area contributed by atoms with E-state index < -0.39 is 17.4 Å². The second-order valence-corrected chi connectivity index (χ2v) is 4.68. The van der Waals surface area contributed by atoms with E-state index in [9.17, 15) is 9.59 Å². The fourth-order valence-electron chi connectivity index (χ4n) is 1.77. The summed E-state index contributed by atoms with van der Waals surface area (Å²) in [6.45, 7) is 5.12. The molecule has 1 rings (SSSR count). The van der Waals surface area contributed by atoms with Crippen molar-refractivity contribution in [3.05, 3.63) is 36.4 Å². The molecule has 6 nitrogen and oxygen atoms in total. The van der Waals surface area contributed by atoms with E-state index in [2.05, 4.69) is 16.1 Å². The van der Waals surface area contributed by atoms with Crippen molar-refractivity contribution >= 4 is 11.9 Å². The summed E-state index contributed by atoms with van der Waals surface area (Å²) in [6, 6.07) is 6.88. The molecule has 6 heteroatoms. The normalized spacial score (nSPS) is 10.5. The average Bonchev–Trinajstić information content (AvgIpc) is 2.57. The minimum atomic E-state index is -1.62. The maximum Gasteiger partial charge on any atom is 0.327 e. The fourth-order valence-corrected chi connectivity index (χ4v) is 1.77. The first-order chi connectivity index (χ1) is 10.4. The number of carbonyl (C=O) groups is 2. The molecule has 0 amide bonds. The Labute approximate surface area is 129 Å². The van der Waals surface area contributed by atoms with Gasteiger partial charge in [0.05, 0.1) is 21.3 Å². The van der Waals surface area contributed by atoms with Crippen molar-refractivity contribution < 1.29 is 28.5 Å². The van der Waals surface area contributed by atoms with E-state index >= 15 is 0 Å². The Morgan fingerprint density at radius 2 is 1.45 bits per heavy atom. The largest absolute Gasteiger partial charge is 0.497 e. The Morgan fingerprint density at radius 1 is 1.00 bits per heavy atom. The zero-order valence-electron chi connectivity index (χ0n) is 13.2. The van der Waals surface area contributed by atoms with Crippen LogP contribution < -0.4 is 9.47 Å². The van der Waals surface area contributed by atoms with Crippen molar-refractivity contribution in [2.24, 2.45) is 5.41 Å². The summed E-state index contributed by atoms with van der Waals surface area (Å²) >= 11 is 0. The monoisotopic (exact) mass is 308 g/mol. The van der Waals surface area contributed by atoms with E-state index in [-0.39, 0.29) is 12.2 Å². The standard InChI is InChI=1S/C16H20O6/c1-11(16(2,14(17)20-4)15(18)21-5)10-22-13-8-6-12(19-3)7-9-13/h6-9H,1,10H2,2-5H3. The summed E-state index contributed by atoms with van der Waals surface area (Å²) in [5.74, 6) is -0.246. The Balaban J connectivity index is 2.83. The van der Waals surface area contributed by atoms with E-state index in [1.807, 2.05) is 0 Å². The molecule has 0 N–H and O–H groups in total. The third-order valence-electron chi connectivity index (χ3n) is 3.37. The van der Waals surface area contributed by atoms with Crippen molar-refractivity contribution in [3.63, 3.8) is 0 Å². The van der Waals surface area contributed by atoms with Crippen LogP contribution in [0.3, 0.4) is 0 Å². The van der Waals surface area contributed by atoms with Crippen LogP contribution >= 0.6 is 0 Å². The van der Waals surface area contributed by atoms with Gasteiger partial charge in [-0.25, -0.2) is 0 Å². The first-order valence-electron chi connectivity index (χ1n) is 6.52. The molecular formula is C16H20O6. The molecule has 0 spiro atoms. The lowest BCUT2D eigenvalue weighted by molar-refractivity contribution is -0.164. The van der Waals surface area contributed by atoms with Gasteiger partial charge < -0.3 is 18.9 Å². The fraction of sp³-hybridized carbons (Fsp3) is 0.375. The van der Waals surface area contributed by atoms with Gasteiger partial charge in [-0.1, -0.05) is 6.58 Å². The summed E-state index contributed by atoms with van der Waals surface area (Å²) in [5, 5.41) is 0. The molecule has 1 aromatic carbocycles. The zero-order chi connectivity index (χ0) is 16.8. The molecule has 0 aliphatic heterocycles. The molecule has 0 saturated carbocycles. The smallest absolute Gasteiger partial charge is 0.327 e. The molecule has 22 heavy (non-hydrogen) atoms. The molecule has 0 aliphatic carbocycles. The van der Waals surface area contributed by atoms with Gasteiger partial charge in [-0.15, -0.1) is 0 Å². The van der Waals surface area contributed by atoms with Gasteiger partial charge in [0, 0.05) is 0 Å². The van der Waals surface area contributed by atoms with Crippen molar-refractivity contribution in [2.45, 2.75) is 6.92 Å². The Hall–Kier alpha value is -2.50. The van der Waals surface area contributed by atoms with Gasteiger partial charge in [0.2, 0.25) is 0 Å². The summed E-state index contributed by atoms with van der Waals surface area (Å²) in [5.41, 5.74) is -1.38. The number of methoxy groups -OCH3 is 3. The first-order valence-corrected chi connectivity index (χ1v) is 6.52. The van der Waals surface area contributed by atoms with Gasteiger partial charge in [-0.05, 0) is 36.8 Å². The SMILES string of the molecule is C=C(COc1ccc(OC)cc1)C(C)(C(=O)OC)C(=O)OC. The maximum atomic E-state index is 11.9. The predicted octanol–water partition coefficient (Wildman–Crippen LogP) is 1.98. The molecule has 0 aliphatic rings. The number of hydrogen-bond acceptors (Lipinski definition) is 6. The van der Waals surface area contributed by atoms with Gasteiger partial charge in [-0.2, -0.15) is 0 Å². The van der Waals surface area contributed by atoms with Gasteiger partial charge >= 0.3 is 11.9 Å². The highest BCUT2D eigenvalue weighted by Crippen LogP contribution is 2.30. The van der Waals surface area contributed by atoms with Crippen molar-refractivity contribution in [2.75, 3.05) is 27.9 Å². The number of benzene rings is 1. The lowest BCUT2D eigenvalue weighted by Gasteiger charge is -2.26. The highest BCUT2D eigenvalue weighted by atomic mass is 16.5. The highest BCUT2D eigenvalue weighted by Gasteiger charge is 2.46. The van der Waals surface area contributed by atoms with Crippen LogP contribution in [0.1, 0.15) is 6.92 Å². The van der Waals surface area contributed by atoms with Gasteiger partial charge in [0.25, 0.3) is 0 Å². The molecule has 0 bridgehead atoms. The van der Waals surface area contributed by atoms with Crippen molar-refractivity contribution in [1.82, 2.24) is 0 Å². The van der Waals surface area contributed by atoms with E-state index in [1.165, 1.54) is 21.1 Å². The number of carbonyl (C=O) groups excluding carboxylic acids is 2. The molecule has 0 saturated heterocycles. The first kappa shape index (κ1) is 17.6. The molecule has 0 aromatic heterocycles. The lowest BCUT2D eigenvalue weighted by Crippen LogP contribution is -2.41. The van der Waals surface area contributed by atoms with Crippen molar-refractivity contribution in [1.29, 1.82) is 0 Å². The van der Waals surface area contributed by atoms with Gasteiger partial charge in [0.1, 0.15) is 18.1 Å². The maximum absolute atomic E-state index is 11.9. The molecular weight excluding hydrogens is 288 g/mol. The Kier molecular flexibility index (Phi) is 5.98. The minimum absolute atomic E-state index is 0.0347. The molecule has 0 unspecified atom stereocenters. The lowest BCUT2D eigenvalue weighted by atomic mass is 9.83. The average molecular weight is 308 g/mol. The summed E-state index contributed by atoms with van der Waals surface area (Å²) in [4.78, 5) is 23.8. The van der Waals surface area contributed by atoms with E-state index in [4.69, 9.17) is 9.47 Å². The highest BCUT2D eigenvalue weighted by molar-refractivity contribution is 6.02. The van der Waals surface area contributed by atoms with Crippen LogP contribution in [0.4, 0.5) is 0 Å². The minimum Gasteiger partial charge on any atom is -0.497 e. The van der Waals surface area contributed by atoms with Crippen molar-refractivity contribution in [3.8, 4) is 11.5 Å². The molecule has 1 aromatic rings. The van der Waals surface area contributed by atoms with E-state index in [0.29, 0.717) is 11.5 Å². The molecule has 0 radical (unpaired) electrons. The molecule has 0 heterocycles. The van der Waals surface area contributed by atoms with Gasteiger partial charge in [-0.3, -0.25) is 9.59 Å². The third-order valence-corrected chi connectivity index (χ3v) is 3.37. The topological polar surface area (TPSA) is 71.1 Å². The van der Waals surface area contributed by atoms with Crippen LogP contribution in [0.15, 0.2) is 36.4 Å². The molecule has 120 valence electrons.